The van der Waals surface area contributed by atoms with E-state index in [0.717, 1.165) is 23.6 Å². The lowest BCUT2D eigenvalue weighted by atomic mass is 9.97. The molecule has 20 heavy (non-hydrogen) atoms. The fourth-order valence-electron chi connectivity index (χ4n) is 2.09. The summed E-state index contributed by atoms with van der Waals surface area (Å²) in [7, 11) is 0. The molecule has 1 N–H and O–H groups in total. The van der Waals surface area contributed by atoms with Gasteiger partial charge in [0.2, 0.25) is 5.82 Å². The Morgan fingerprint density at radius 2 is 1.95 bits per heavy atom. The monoisotopic (exact) mass is 298 g/mol. The minimum Gasteiger partial charge on any atom is -0.380 e. The minimum atomic E-state index is -1.12. The van der Waals surface area contributed by atoms with Crippen molar-refractivity contribution in [3.63, 3.8) is 0 Å². The molecule has 1 aromatic carbocycles. The first kappa shape index (κ1) is 13.5. The highest BCUT2D eigenvalue weighted by atomic mass is 32.2. The summed E-state index contributed by atoms with van der Waals surface area (Å²) in [5.74, 6) is 0.0174. The zero-order valence-corrected chi connectivity index (χ0v) is 11.3. The first-order valence-electron chi connectivity index (χ1n) is 6.18. The van der Waals surface area contributed by atoms with E-state index in [1.54, 1.807) is 11.8 Å². The van der Waals surface area contributed by atoms with Crippen LogP contribution < -0.4 is 0 Å². The van der Waals surface area contributed by atoms with Gasteiger partial charge in [0.15, 0.2) is 11.6 Å². The van der Waals surface area contributed by atoms with Gasteiger partial charge in [0.05, 0.1) is 0 Å². The van der Waals surface area contributed by atoms with Crippen LogP contribution >= 0.6 is 11.8 Å². The van der Waals surface area contributed by atoms with Crippen LogP contribution in [0.4, 0.5) is 8.78 Å². The number of benzene rings is 1. The van der Waals surface area contributed by atoms with Gasteiger partial charge >= 0.3 is 0 Å². The number of halogens is 2. The van der Waals surface area contributed by atoms with Crippen molar-refractivity contribution in [3.05, 3.63) is 35.7 Å². The highest BCUT2D eigenvalue weighted by Crippen LogP contribution is 2.35. The Morgan fingerprint density at radius 3 is 2.65 bits per heavy atom. The third kappa shape index (κ3) is 2.43. The first-order valence-corrected chi connectivity index (χ1v) is 7.34. The Bertz CT molecular complexity index is 627. The summed E-state index contributed by atoms with van der Waals surface area (Å²) in [6.45, 7) is 0. The van der Waals surface area contributed by atoms with Gasteiger partial charge in [0.1, 0.15) is 5.60 Å². The van der Waals surface area contributed by atoms with E-state index in [9.17, 15) is 13.9 Å². The van der Waals surface area contributed by atoms with Crippen LogP contribution in [0.3, 0.4) is 0 Å². The minimum absolute atomic E-state index is 0.137. The fourth-order valence-corrected chi connectivity index (χ4v) is 3.26. The number of rotatable bonds is 2. The van der Waals surface area contributed by atoms with Crippen molar-refractivity contribution in [2.24, 2.45) is 0 Å². The summed E-state index contributed by atoms with van der Waals surface area (Å²) in [5, 5.41) is 14.2. The maximum absolute atomic E-state index is 13.2. The second-order valence-electron chi connectivity index (χ2n) is 4.70. The van der Waals surface area contributed by atoms with Crippen LogP contribution in [0.25, 0.3) is 11.4 Å². The molecule has 0 atom stereocenters. The lowest BCUT2D eigenvalue weighted by Crippen LogP contribution is -2.30. The van der Waals surface area contributed by atoms with Gasteiger partial charge in [-0.2, -0.15) is 16.7 Å². The van der Waals surface area contributed by atoms with Crippen LogP contribution in [0.15, 0.2) is 22.7 Å². The number of nitrogens with zero attached hydrogens (tertiary/aromatic N) is 2. The predicted octanol–water partition coefficient (Wildman–Crippen LogP) is 2.73. The molecular weight excluding hydrogens is 286 g/mol. The Kier molecular flexibility index (Phi) is 3.47. The molecule has 4 nitrogen and oxygen atoms in total. The summed E-state index contributed by atoms with van der Waals surface area (Å²) in [6, 6.07) is 3.38. The number of aliphatic hydroxyl groups is 1. The molecular formula is C13H12F2N2O2S. The van der Waals surface area contributed by atoms with E-state index < -0.39 is 17.2 Å². The molecule has 2 heterocycles. The average Bonchev–Trinajstić information content (AvgIpc) is 2.93. The molecule has 0 radical (unpaired) electrons. The fraction of sp³-hybridized carbons (Fsp3) is 0.385. The van der Waals surface area contributed by atoms with Crippen LogP contribution in [0.1, 0.15) is 18.7 Å². The van der Waals surface area contributed by atoms with Crippen LogP contribution in [0.5, 0.6) is 0 Å². The molecule has 0 saturated carbocycles. The third-order valence-electron chi connectivity index (χ3n) is 3.32. The summed E-state index contributed by atoms with van der Waals surface area (Å²) in [4.78, 5) is 4.12. The predicted molar refractivity (Wildman–Crippen MR) is 70.1 cm³/mol. The van der Waals surface area contributed by atoms with Crippen molar-refractivity contribution >= 4 is 11.8 Å². The molecule has 0 amide bonds. The van der Waals surface area contributed by atoms with Gasteiger partial charge in [-0.05, 0) is 42.5 Å². The Labute approximate surface area is 118 Å². The van der Waals surface area contributed by atoms with Crippen LogP contribution in [-0.4, -0.2) is 26.8 Å². The van der Waals surface area contributed by atoms with Crippen molar-refractivity contribution < 1.29 is 18.4 Å². The zero-order chi connectivity index (χ0) is 14.2. The molecule has 1 fully saturated rings. The summed E-state index contributed by atoms with van der Waals surface area (Å²) in [6.07, 6.45) is 1.08. The van der Waals surface area contributed by atoms with Gasteiger partial charge in [-0.25, -0.2) is 8.78 Å². The number of aromatic nitrogens is 2. The quantitative estimate of drug-likeness (QED) is 0.924. The van der Waals surface area contributed by atoms with Gasteiger partial charge in [0.25, 0.3) is 5.89 Å². The number of thioether (sulfide) groups is 1. The van der Waals surface area contributed by atoms with Gasteiger partial charge < -0.3 is 9.63 Å². The second kappa shape index (κ2) is 5.14. The van der Waals surface area contributed by atoms with Crippen molar-refractivity contribution in [1.29, 1.82) is 0 Å². The van der Waals surface area contributed by atoms with E-state index in [2.05, 4.69) is 10.1 Å². The van der Waals surface area contributed by atoms with Crippen molar-refractivity contribution in [2.45, 2.75) is 18.4 Å². The topological polar surface area (TPSA) is 59.2 Å². The molecule has 2 aromatic rings. The van der Waals surface area contributed by atoms with Crippen LogP contribution in [0.2, 0.25) is 0 Å². The molecule has 1 saturated heterocycles. The van der Waals surface area contributed by atoms with E-state index in [4.69, 9.17) is 4.52 Å². The molecule has 1 aliphatic rings. The highest BCUT2D eigenvalue weighted by molar-refractivity contribution is 7.99. The molecule has 0 spiro atoms. The lowest BCUT2D eigenvalue weighted by molar-refractivity contribution is -0.00351. The zero-order valence-electron chi connectivity index (χ0n) is 10.5. The van der Waals surface area contributed by atoms with E-state index in [-0.39, 0.29) is 11.7 Å². The van der Waals surface area contributed by atoms with E-state index in [1.807, 2.05) is 0 Å². The maximum Gasteiger partial charge on any atom is 0.258 e. The van der Waals surface area contributed by atoms with Gasteiger partial charge in [0, 0.05) is 5.56 Å². The molecule has 1 aromatic heterocycles. The van der Waals surface area contributed by atoms with Crippen LogP contribution in [-0.2, 0) is 5.60 Å². The van der Waals surface area contributed by atoms with E-state index in [0.29, 0.717) is 18.4 Å². The Hall–Kier alpha value is -1.47. The van der Waals surface area contributed by atoms with Gasteiger partial charge in [-0.3, -0.25) is 0 Å². The molecule has 0 unspecified atom stereocenters. The average molecular weight is 298 g/mol. The highest BCUT2D eigenvalue weighted by Gasteiger charge is 2.37. The standard InChI is InChI=1S/C13H12F2N2O2S/c14-9-2-1-8(7-10(9)15)11-16-12(19-17-11)13(18)3-5-20-6-4-13/h1-2,7,18H,3-6H2. The molecule has 0 bridgehead atoms. The van der Waals surface area contributed by atoms with E-state index in [1.165, 1.54) is 6.07 Å². The summed E-state index contributed by atoms with van der Waals surface area (Å²) < 4.78 is 31.2. The molecule has 3 rings (SSSR count). The van der Waals surface area contributed by atoms with Crippen LogP contribution in [0, 0.1) is 11.6 Å². The molecule has 7 heteroatoms. The lowest BCUT2D eigenvalue weighted by Gasteiger charge is -2.27. The van der Waals surface area contributed by atoms with Gasteiger partial charge in [-0.1, -0.05) is 5.16 Å². The normalized spacial score (nSPS) is 18.1. The first-order chi connectivity index (χ1) is 9.58. The number of hydrogen-bond donors (Lipinski definition) is 1. The van der Waals surface area contributed by atoms with Crippen molar-refractivity contribution in [3.8, 4) is 11.4 Å². The van der Waals surface area contributed by atoms with Gasteiger partial charge in [-0.15, -0.1) is 0 Å². The van der Waals surface area contributed by atoms with Crippen molar-refractivity contribution in [1.82, 2.24) is 10.1 Å². The molecule has 1 aliphatic heterocycles. The Morgan fingerprint density at radius 1 is 1.20 bits per heavy atom. The Balaban J connectivity index is 1.91. The maximum atomic E-state index is 13.2. The summed E-state index contributed by atoms with van der Waals surface area (Å²) in [5.41, 5.74) is -0.803. The summed E-state index contributed by atoms with van der Waals surface area (Å²) >= 11 is 1.76. The largest absolute Gasteiger partial charge is 0.380 e. The smallest absolute Gasteiger partial charge is 0.258 e. The second-order valence-corrected chi connectivity index (χ2v) is 5.92. The van der Waals surface area contributed by atoms with E-state index >= 15 is 0 Å². The molecule has 0 aliphatic carbocycles. The number of hydrogen-bond acceptors (Lipinski definition) is 5. The molecule has 106 valence electrons. The SMILES string of the molecule is OC1(c2nc(-c3ccc(F)c(F)c3)no2)CCSCC1. The third-order valence-corrected chi connectivity index (χ3v) is 4.31. The van der Waals surface area contributed by atoms with Crippen molar-refractivity contribution in [2.75, 3.05) is 11.5 Å².